The first-order chi connectivity index (χ1) is 24.8. The van der Waals surface area contributed by atoms with Crippen LogP contribution < -0.4 is 0 Å². The van der Waals surface area contributed by atoms with E-state index in [1.54, 1.807) is 11.3 Å². The van der Waals surface area contributed by atoms with Crippen molar-refractivity contribution in [2.45, 2.75) is 0 Å². The van der Waals surface area contributed by atoms with Crippen LogP contribution in [-0.4, -0.2) is 14.5 Å². The molecule has 0 bridgehead atoms. The van der Waals surface area contributed by atoms with Gasteiger partial charge >= 0.3 is 0 Å². The second-order valence-electron chi connectivity index (χ2n) is 12.9. The molecule has 0 radical (unpaired) electrons. The molecular weight excluding hydrogens is 651 g/mol. The van der Waals surface area contributed by atoms with Gasteiger partial charge in [-0.05, 0) is 47.9 Å². The van der Waals surface area contributed by atoms with Gasteiger partial charge in [-0.25, -0.2) is 9.97 Å². The third-order valence-corrected chi connectivity index (χ3v) is 12.6. The average Bonchev–Trinajstić information content (AvgIpc) is 3.93. The highest BCUT2D eigenvalue weighted by molar-refractivity contribution is 7.27. The molecule has 0 atom stereocenters. The van der Waals surface area contributed by atoms with Gasteiger partial charge < -0.3 is 4.42 Å². The summed E-state index contributed by atoms with van der Waals surface area (Å²) in [6.45, 7) is 0. The van der Waals surface area contributed by atoms with Crippen molar-refractivity contribution in [3.8, 4) is 17.2 Å². The summed E-state index contributed by atoms with van der Waals surface area (Å²) < 4.78 is 13.4. The number of benzene rings is 7. The van der Waals surface area contributed by atoms with Crippen molar-refractivity contribution < 1.29 is 4.42 Å². The van der Waals surface area contributed by atoms with Gasteiger partial charge in [0, 0.05) is 62.8 Å². The van der Waals surface area contributed by atoms with Gasteiger partial charge in [0.25, 0.3) is 0 Å². The molecule has 5 aromatic heterocycles. The lowest BCUT2D eigenvalue weighted by atomic mass is 10.00. The Morgan fingerprint density at radius 2 is 1.12 bits per heavy atom. The van der Waals surface area contributed by atoms with E-state index < -0.39 is 0 Å². The molecule has 12 rings (SSSR count). The molecule has 0 saturated heterocycles. The van der Waals surface area contributed by atoms with Crippen LogP contribution in [0, 0.1) is 0 Å². The number of thiophene rings is 2. The maximum absolute atomic E-state index is 6.22. The van der Waals surface area contributed by atoms with Crippen molar-refractivity contribution in [2.75, 3.05) is 0 Å². The number of hydrogen-bond acceptors (Lipinski definition) is 5. The van der Waals surface area contributed by atoms with Crippen molar-refractivity contribution in [3.05, 3.63) is 140 Å². The molecule has 4 nitrogen and oxygen atoms in total. The molecule has 12 aromatic rings. The maximum atomic E-state index is 6.22. The summed E-state index contributed by atoms with van der Waals surface area (Å²) in [5.41, 5.74) is 6.94. The molecule has 0 aliphatic heterocycles. The molecule has 0 aliphatic rings. The van der Waals surface area contributed by atoms with Crippen LogP contribution in [0.1, 0.15) is 0 Å². The number of fused-ring (bicyclic) bond motifs is 16. The number of rotatable bonds is 2. The zero-order valence-corrected chi connectivity index (χ0v) is 28.0. The minimum absolute atomic E-state index is 0.671. The molecule has 7 aromatic carbocycles. The monoisotopic (exact) mass is 673 g/mol. The first-order valence-corrected chi connectivity index (χ1v) is 18.3. The lowest BCUT2D eigenvalue weighted by molar-refractivity contribution is 0.669. The predicted octanol–water partition coefficient (Wildman–Crippen LogP) is 13.0. The van der Waals surface area contributed by atoms with Gasteiger partial charge in [0.2, 0.25) is 5.95 Å². The van der Waals surface area contributed by atoms with Crippen LogP contribution in [0.3, 0.4) is 0 Å². The largest absolute Gasteiger partial charge is 0.456 e. The fourth-order valence-electron chi connectivity index (χ4n) is 8.08. The number of furan rings is 1. The van der Waals surface area contributed by atoms with Crippen molar-refractivity contribution in [2.24, 2.45) is 0 Å². The zero-order valence-electron chi connectivity index (χ0n) is 26.3. The van der Waals surface area contributed by atoms with Crippen molar-refractivity contribution in [1.82, 2.24) is 14.5 Å². The number of hydrogen-bond donors (Lipinski definition) is 0. The standard InChI is InChI=1S/C44H23N3OS2/c1-2-13-27-26(12-1)37-29-15-5-9-19-35(29)49-42(37)38-28-14-3-7-17-32(28)47(41(27)38)44-45-39(43-40(46-44)30-16-6-10-20-36(30)50-43)24-21-22-34-31(23-24)25-11-4-8-18-33(25)48-34/h1-23H. The maximum Gasteiger partial charge on any atom is 0.235 e. The average molecular weight is 674 g/mol. The Balaban J connectivity index is 1.26. The third-order valence-electron chi connectivity index (χ3n) is 10.2. The number of nitrogens with zero attached hydrogens (tertiary/aromatic N) is 3. The summed E-state index contributed by atoms with van der Waals surface area (Å²) in [6, 6.07) is 49.6. The molecule has 0 spiro atoms. The molecule has 0 amide bonds. The van der Waals surface area contributed by atoms with Gasteiger partial charge in [-0.1, -0.05) is 97.1 Å². The van der Waals surface area contributed by atoms with Crippen molar-refractivity contribution >= 4 is 118 Å². The fraction of sp³-hybridized carbons (Fsp3) is 0. The minimum Gasteiger partial charge on any atom is -0.456 e. The quantitative estimate of drug-likeness (QED) is 0.183. The van der Waals surface area contributed by atoms with E-state index in [1.165, 1.54) is 46.4 Å². The Hall–Kier alpha value is -6.08. The predicted molar refractivity (Wildman–Crippen MR) is 212 cm³/mol. The normalized spacial score (nSPS) is 12.4. The summed E-state index contributed by atoms with van der Waals surface area (Å²) in [5, 5.41) is 10.9. The van der Waals surface area contributed by atoms with E-state index in [9.17, 15) is 0 Å². The molecule has 0 unspecified atom stereocenters. The van der Waals surface area contributed by atoms with E-state index in [2.05, 4.69) is 132 Å². The van der Waals surface area contributed by atoms with E-state index in [1.807, 2.05) is 23.5 Å². The Labute approximate surface area is 292 Å². The highest BCUT2D eigenvalue weighted by Crippen LogP contribution is 2.48. The molecule has 0 aliphatic carbocycles. The number of aromatic nitrogens is 3. The molecule has 6 heteroatoms. The van der Waals surface area contributed by atoms with Crippen LogP contribution in [0.25, 0.3) is 112 Å². The molecular formula is C44H23N3OS2. The smallest absolute Gasteiger partial charge is 0.235 e. The Morgan fingerprint density at radius 3 is 1.98 bits per heavy atom. The Bertz CT molecular complexity index is 3400. The van der Waals surface area contributed by atoms with Gasteiger partial charge in [-0.2, -0.15) is 0 Å². The van der Waals surface area contributed by atoms with Crippen molar-refractivity contribution in [1.29, 1.82) is 0 Å². The Kier molecular flexibility index (Phi) is 5.23. The van der Waals surface area contributed by atoms with E-state index in [0.717, 1.165) is 59.8 Å². The Morgan fingerprint density at radius 1 is 0.480 bits per heavy atom. The van der Waals surface area contributed by atoms with Crippen LogP contribution in [0.4, 0.5) is 0 Å². The molecule has 0 fully saturated rings. The third kappa shape index (κ3) is 3.49. The summed E-state index contributed by atoms with van der Waals surface area (Å²) >= 11 is 3.63. The van der Waals surface area contributed by atoms with Gasteiger partial charge in [0.1, 0.15) is 11.2 Å². The van der Waals surface area contributed by atoms with Crippen LogP contribution in [-0.2, 0) is 0 Å². The first-order valence-electron chi connectivity index (χ1n) is 16.7. The van der Waals surface area contributed by atoms with Gasteiger partial charge in [-0.3, -0.25) is 4.57 Å². The second-order valence-corrected chi connectivity index (χ2v) is 15.0. The molecule has 0 N–H and O–H groups in total. The van der Waals surface area contributed by atoms with Crippen LogP contribution in [0.15, 0.2) is 144 Å². The van der Waals surface area contributed by atoms with Gasteiger partial charge in [0.15, 0.2) is 0 Å². The summed E-state index contributed by atoms with van der Waals surface area (Å²) in [6.07, 6.45) is 0. The zero-order chi connectivity index (χ0) is 32.5. The summed E-state index contributed by atoms with van der Waals surface area (Å²) in [7, 11) is 0. The highest BCUT2D eigenvalue weighted by Gasteiger charge is 2.24. The van der Waals surface area contributed by atoms with E-state index >= 15 is 0 Å². The molecule has 0 saturated carbocycles. The van der Waals surface area contributed by atoms with Crippen molar-refractivity contribution in [3.63, 3.8) is 0 Å². The van der Waals surface area contributed by atoms with Crippen LogP contribution >= 0.6 is 22.7 Å². The van der Waals surface area contributed by atoms with Gasteiger partial charge in [0.05, 0.1) is 26.9 Å². The van der Waals surface area contributed by atoms with Crippen LogP contribution in [0.2, 0.25) is 0 Å². The van der Waals surface area contributed by atoms with E-state index in [4.69, 9.17) is 14.4 Å². The summed E-state index contributed by atoms with van der Waals surface area (Å²) in [4.78, 5) is 11.0. The SMILES string of the molecule is c1ccc2c(c1)oc1ccc(-c3nc(-n4c5ccccc5c5c6sc7ccccc7c6c6ccccc6c54)nc4c3sc3ccccc34)cc12. The lowest BCUT2D eigenvalue weighted by Crippen LogP contribution is -2.03. The number of para-hydroxylation sites is 2. The molecule has 232 valence electrons. The van der Waals surface area contributed by atoms with E-state index in [-0.39, 0.29) is 0 Å². The van der Waals surface area contributed by atoms with Crippen LogP contribution in [0.5, 0.6) is 0 Å². The second kappa shape index (κ2) is 9.76. The first kappa shape index (κ1) is 26.8. The topological polar surface area (TPSA) is 43.9 Å². The van der Waals surface area contributed by atoms with E-state index in [0.29, 0.717) is 5.95 Å². The fourth-order valence-corrected chi connectivity index (χ4v) is 10.5. The van der Waals surface area contributed by atoms with Gasteiger partial charge in [-0.15, -0.1) is 22.7 Å². The lowest BCUT2D eigenvalue weighted by Gasteiger charge is -2.12. The highest BCUT2D eigenvalue weighted by atomic mass is 32.1. The summed E-state index contributed by atoms with van der Waals surface area (Å²) in [5.74, 6) is 0.671. The molecule has 5 heterocycles. The molecule has 50 heavy (non-hydrogen) atoms. The minimum atomic E-state index is 0.671.